The van der Waals surface area contributed by atoms with Gasteiger partial charge in [-0.1, -0.05) is 28.1 Å². The molecule has 0 radical (unpaired) electrons. The normalized spacial score (nSPS) is 28.6. The van der Waals surface area contributed by atoms with Crippen molar-refractivity contribution in [3.63, 3.8) is 0 Å². The highest BCUT2D eigenvalue weighted by Crippen LogP contribution is 2.32. The summed E-state index contributed by atoms with van der Waals surface area (Å²) in [7, 11) is 0. The topological polar surface area (TPSA) is 38.5 Å². The molecule has 1 aromatic rings. The van der Waals surface area contributed by atoms with Crippen LogP contribution >= 0.6 is 15.9 Å². The van der Waals surface area contributed by atoms with Crippen molar-refractivity contribution in [3.8, 4) is 0 Å². The third kappa shape index (κ3) is 2.72. The Kier molecular flexibility index (Phi) is 3.94. The summed E-state index contributed by atoms with van der Waals surface area (Å²) < 4.78 is 7.08. The van der Waals surface area contributed by atoms with Crippen LogP contribution in [0.3, 0.4) is 0 Å². The second kappa shape index (κ2) is 5.52. The van der Waals surface area contributed by atoms with Crippen LogP contribution in [0.25, 0.3) is 0 Å². The molecule has 19 heavy (non-hydrogen) atoms. The van der Waals surface area contributed by atoms with E-state index in [9.17, 15) is 0 Å². The van der Waals surface area contributed by atoms with Gasteiger partial charge in [-0.15, -0.1) is 0 Å². The van der Waals surface area contributed by atoms with E-state index in [1.54, 1.807) is 0 Å². The number of morpholine rings is 1. The number of fused-ring (bicyclic) bond motifs is 2. The van der Waals surface area contributed by atoms with Crippen molar-refractivity contribution in [1.29, 1.82) is 0 Å². The first kappa shape index (κ1) is 13.6. The van der Waals surface area contributed by atoms with E-state index < -0.39 is 0 Å². The fraction of sp³-hybridized carbons (Fsp3) is 0.600. The van der Waals surface area contributed by atoms with Crippen LogP contribution in [0.1, 0.15) is 30.0 Å². The molecule has 3 atom stereocenters. The summed E-state index contributed by atoms with van der Waals surface area (Å²) in [5.74, 6) is 0. The molecule has 4 heteroatoms. The number of nitrogens with two attached hydrogens (primary N) is 1. The summed E-state index contributed by atoms with van der Waals surface area (Å²) in [6.07, 6.45) is 3.25. The van der Waals surface area contributed by atoms with Gasteiger partial charge in [0.1, 0.15) is 0 Å². The minimum Gasteiger partial charge on any atom is -0.372 e. The van der Waals surface area contributed by atoms with Gasteiger partial charge >= 0.3 is 0 Å². The molecule has 2 aliphatic rings. The lowest BCUT2D eigenvalue weighted by molar-refractivity contribution is -0.0521. The third-order valence-corrected chi connectivity index (χ3v) is 5.17. The summed E-state index contributed by atoms with van der Waals surface area (Å²) in [6, 6.07) is 6.89. The highest BCUT2D eigenvalue weighted by Gasteiger charge is 2.36. The summed E-state index contributed by atoms with van der Waals surface area (Å²) in [6.45, 7) is 4.81. The molecule has 1 aromatic carbocycles. The summed E-state index contributed by atoms with van der Waals surface area (Å²) in [5.41, 5.74) is 8.61. The molecule has 0 spiro atoms. The molecule has 3 unspecified atom stereocenters. The van der Waals surface area contributed by atoms with Crippen LogP contribution in [0.5, 0.6) is 0 Å². The zero-order valence-corrected chi connectivity index (χ0v) is 12.9. The average molecular weight is 325 g/mol. The number of ether oxygens (including phenoxy) is 1. The zero-order valence-electron chi connectivity index (χ0n) is 11.3. The number of hydrogen-bond donors (Lipinski definition) is 1. The van der Waals surface area contributed by atoms with Crippen molar-refractivity contribution in [2.45, 2.75) is 38.0 Å². The number of halogens is 1. The predicted octanol–water partition coefficient (Wildman–Crippen LogP) is 2.62. The van der Waals surface area contributed by atoms with Crippen LogP contribution in [0, 0.1) is 6.92 Å². The van der Waals surface area contributed by atoms with Gasteiger partial charge in [-0.2, -0.15) is 0 Å². The van der Waals surface area contributed by atoms with Gasteiger partial charge in [-0.05, 0) is 37.0 Å². The molecule has 2 saturated heterocycles. The summed E-state index contributed by atoms with van der Waals surface area (Å²) in [4.78, 5) is 2.50. The first-order chi connectivity index (χ1) is 9.17. The smallest absolute Gasteiger partial charge is 0.0707 e. The zero-order chi connectivity index (χ0) is 13.4. The van der Waals surface area contributed by atoms with Crippen LogP contribution in [-0.4, -0.2) is 36.7 Å². The molecule has 2 N–H and O–H groups in total. The lowest BCUT2D eigenvalue weighted by Gasteiger charge is -2.37. The van der Waals surface area contributed by atoms with E-state index in [1.807, 2.05) is 0 Å². The standard InChI is InChI=1S/C15H21BrN2O/c1-10-2-3-11(6-14(10)16)15(7-17)18-8-12-4-5-13(9-18)19-12/h2-3,6,12-13,15H,4-5,7-9,17H2,1H3. The maximum Gasteiger partial charge on any atom is 0.0707 e. The molecule has 0 saturated carbocycles. The molecule has 104 valence electrons. The Balaban J connectivity index is 1.81. The van der Waals surface area contributed by atoms with E-state index >= 15 is 0 Å². The van der Waals surface area contributed by atoms with Gasteiger partial charge in [-0.3, -0.25) is 4.90 Å². The van der Waals surface area contributed by atoms with Gasteiger partial charge in [-0.25, -0.2) is 0 Å². The molecule has 0 aromatic heterocycles. The highest BCUT2D eigenvalue weighted by atomic mass is 79.9. The van der Waals surface area contributed by atoms with Crippen LogP contribution < -0.4 is 5.73 Å². The van der Waals surface area contributed by atoms with Gasteiger partial charge in [0.2, 0.25) is 0 Å². The Labute approximate surface area is 123 Å². The largest absolute Gasteiger partial charge is 0.372 e. The van der Waals surface area contributed by atoms with Gasteiger partial charge in [0, 0.05) is 30.1 Å². The SMILES string of the molecule is Cc1ccc(C(CN)N2CC3CCC(C2)O3)cc1Br. The second-order valence-corrected chi connectivity index (χ2v) is 6.53. The van der Waals surface area contributed by atoms with Gasteiger partial charge < -0.3 is 10.5 Å². The van der Waals surface area contributed by atoms with Gasteiger partial charge in [0.25, 0.3) is 0 Å². The number of hydrogen-bond acceptors (Lipinski definition) is 3. The van der Waals surface area contributed by atoms with Crippen LogP contribution in [0.15, 0.2) is 22.7 Å². The summed E-state index contributed by atoms with van der Waals surface area (Å²) in [5, 5.41) is 0. The first-order valence-electron chi connectivity index (χ1n) is 7.03. The van der Waals surface area contributed by atoms with Crippen LogP contribution in [-0.2, 0) is 4.74 Å². The lowest BCUT2D eigenvalue weighted by atomic mass is 10.0. The number of rotatable bonds is 3. The minimum atomic E-state index is 0.309. The second-order valence-electron chi connectivity index (χ2n) is 5.67. The van der Waals surface area contributed by atoms with E-state index in [4.69, 9.17) is 10.5 Å². The molecule has 3 nitrogen and oxygen atoms in total. The highest BCUT2D eigenvalue weighted by molar-refractivity contribution is 9.10. The van der Waals surface area contributed by atoms with Crippen molar-refractivity contribution >= 4 is 15.9 Å². The Morgan fingerprint density at radius 3 is 2.63 bits per heavy atom. The van der Waals surface area contributed by atoms with E-state index in [1.165, 1.54) is 28.4 Å². The quantitative estimate of drug-likeness (QED) is 0.928. The fourth-order valence-electron chi connectivity index (χ4n) is 3.21. The van der Waals surface area contributed by atoms with Gasteiger partial charge in [0.15, 0.2) is 0 Å². The van der Waals surface area contributed by atoms with Crippen molar-refractivity contribution in [3.05, 3.63) is 33.8 Å². The van der Waals surface area contributed by atoms with Crippen molar-refractivity contribution in [2.75, 3.05) is 19.6 Å². The molecule has 3 rings (SSSR count). The van der Waals surface area contributed by atoms with E-state index in [0.717, 1.165) is 13.1 Å². The fourth-order valence-corrected chi connectivity index (χ4v) is 3.61. The molecule has 2 heterocycles. The number of aryl methyl sites for hydroxylation is 1. The van der Waals surface area contributed by atoms with E-state index in [-0.39, 0.29) is 0 Å². The van der Waals surface area contributed by atoms with Crippen molar-refractivity contribution in [2.24, 2.45) is 5.73 Å². The number of benzene rings is 1. The molecule has 0 aliphatic carbocycles. The maximum atomic E-state index is 6.04. The number of nitrogens with zero attached hydrogens (tertiary/aromatic N) is 1. The van der Waals surface area contributed by atoms with Gasteiger partial charge in [0.05, 0.1) is 12.2 Å². The van der Waals surface area contributed by atoms with E-state index in [2.05, 4.69) is 46.0 Å². The Morgan fingerprint density at radius 1 is 1.37 bits per heavy atom. The number of likely N-dealkylation sites (tertiary alicyclic amines) is 1. The molecule has 2 bridgehead atoms. The molecular weight excluding hydrogens is 304 g/mol. The van der Waals surface area contributed by atoms with Crippen LogP contribution in [0.2, 0.25) is 0 Å². The van der Waals surface area contributed by atoms with Crippen molar-refractivity contribution < 1.29 is 4.74 Å². The van der Waals surface area contributed by atoms with Crippen LogP contribution in [0.4, 0.5) is 0 Å². The maximum absolute atomic E-state index is 6.04. The predicted molar refractivity (Wildman–Crippen MR) is 80.1 cm³/mol. The molecule has 2 fully saturated rings. The molecular formula is C15H21BrN2O. The molecule has 2 aliphatic heterocycles. The first-order valence-corrected chi connectivity index (χ1v) is 7.82. The average Bonchev–Trinajstić information content (AvgIpc) is 2.74. The van der Waals surface area contributed by atoms with Crippen molar-refractivity contribution in [1.82, 2.24) is 4.90 Å². The lowest BCUT2D eigenvalue weighted by Crippen LogP contribution is -2.46. The Hall–Kier alpha value is -0.420. The summed E-state index contributed by atoms with van der Waals surface area (Å²) >= 11 is 3.62. The van der Waals surface area contributed by atoms with E-state index in [0.29, 0.717) is 24.8 Å². The molecule has 0 amide bonds. The monoisotopic (exact) mass is 324 g/mol. The Bertz CT molecular complexity index is 453. The minimum absolute atomic E-state index is 0.309. The Morgan fingerprint density at radius 2 is 2.05 bits per heavy atom. The third-order valence-electron chi connectivity index (χ3n) is 4.32.